The maximum absolute atomic E-state index is 5.71. The molecule has 0 radical (unpaired) electrons. The van der Waals surface area contributed by atoms with E-state index in [0.29, 0.717) is 36.8 Å². The van der Waals surface area contributed by atoms with Gasteiger partial charge in [0, 0.05) is 32.3 Å². The SMILES string of the molecule is CC(C)COC(C)c1noc(CN2CCNC[C@H]2C)n1.Cl. The van der Waals surface area contributed by atoms with Gasteiger partial charge in [0.2, 0.25) is 5.89 Å². The highest BCUT2D eigenvalue weighted by atomic mass is 35.5. The Morgan fingerprint density at radius 1 is 1.43 bits per heavy atom. The topological polar surface area (TPSA) is 63.4 Å². The van der Waals surface area contributed by atoms with E-state index in [9.17, 15) is 0 Å². The van der Waals surface area contributed by atoms with Gasteiger partial charge in [-0.15, -0.1) is 12.4 Å². The van der Waals surface area contributed by atoms with E-state index >= 15 is 0 Å². The molecule has 1 saturated heterocycles. The molecule has 1 N–H and O–H groups in total. The van der Waals surface area contributed by atoms with Crippen molar-refractivity contribution < 1.29 is 9.26 Å². The average Bonchev–Trinajstić information content (AvgIpc) is 2.87. The standard InChI is InChI=1S/C14H26N4O2.ClH/c1-10(2)9-19-12(4)14-16-13(20-17-14)8-18-6-5-15-7-11(18)3;/h10-12,15H,5-9H2,1-4H3;1H/t11-,12?;/m1./s1. The smallest absolute Gasteiger partial charge is 0.240 e. The Hall–Kier alpha value is -0.690. The number of piperazine rings is 1. The predicted octanol–water partition coefficient (Wildman–Crippen LogP) is 2.02. The van der Waals surface area contributed by atoms with Crippen LogP contribution in [0.5, 0.6) is 0 Å². The van der Waals surface area contributed by atoms with Gasteiger partial charge in [-0.2, -0.15) is 4.98 Å². The Bertz CT molecular complexity index is 413. The van der Waals surface area contributed by atoms with Crippen LogP contribution in [0.25, 0.3) is 0 Å². The molecule has 21 heavy (non-hydrogen) atoms. The maximum Gasteiger partial charge on any atom is 0.240 e. The summed E-state index contributed by atoms with van der Waals surface area (Å²) in [6.07, 6.45) is -0.115. The van der Waals surface area contributed by atoms with Crippen molar-refractivity contribution in [3.05, 3.63) is 11.7 Å². The van der Waals surface area contributed by atoms with Crippen LogP contribution >= 0.6 is 12.4 Å². The first-order valence-electron chi connectivity index (χ1n) is 7.45. The number of nitrogens with one attached hydrogen (secondary N) is 1. The molecule has 0 aromatic carbocycles. The lowest BCUT2D eigenvalue weighted by Gasteiger charge is -2.32. The molecule has 0 bridgehead atoms. The fourth-order valence-electron chi connectivity index (χ4n) is 2.20. The molecule has 1 aliphatic rings. The molecule has 1 aromatic heterocycles. The van der Waals surface area contributed by atoms with Crippen LogP contribution in [0.2, 0.25) is 0 Å². The highest BCUT2D eigenvalue weighted by Gasteiger charge is 2.21. The van der Waals surface area contributed by atoms with Crippen molar-refractivity contribution in [2.75, 3.05) is 26.2 Å². The zero-order valence-electron chi connectivity index (χ0n) is 13.3. The van der Waals surface area contributed by atoms with E-state index in [1.165, 1.54) is 0 Å². The molecular formula is C14H27ClN4O2. The fourth-order valence-corrected chi connectivity index (χ4v) is 2.20. The summed E-state index contributed by atoms with van der Waals surface area (Å²) in [7, 11) is 0. The van der Waals surface area contributed by atoms with Gasteiger partial charge in [0.25, 0.3) is 0 Å². The largest absolute Gasteiger partial charge is 0.370 e. The van der Waals surface area contributed by atoms with Crippen LogP contribution in [-0.2, 0) is 11.3 Å². The molecule has 2 rings (SSSR count). The Morgan fingerprint density at radius 2 is 2.19 bits per heavy atom. The summed E-state index contributed by atoms with van der Waals surface area (Å²) < 4.78 is 11.0. The Morgan fingerprint density at radius 3 is 2.86 bits per heavy atom. The van der Waals surface area contributed by atoms with Crippen LogP contribution in [0, 0.1) is 5.92 Å². The Kier molecular flexibility index (Phi) is 7.59. The molecule has 0 saturated carbocycles. The van der Waals surface area contributed by atoms with Gasteiger partial charge in [-0.1, -0.05) is 19.0 Å². The van der Waals surface area contributed by atoms with Gasteiger partial charge in [-0.3, -0.25) is 4.90 Å². The van der Waals surface area contributed by atoms with Crippen molar-refractivity contribution in [2.45, 2.75) is 46.4 Å². The van der Waals surface area contributed by atoms with Gasteiger partial charge in [-0.05, 0) is 19.8 Å². The predicted molar refractivity (Wildman–Crippen MR) is 83.5 cm³/mol. The van der Waals surface area contributed by atoms with Gasteiger partial charge in [0.05, 0.1) is 6.54 Å². The van der Waals surface area contributed by atoms with E-state index < -0.39 is 0 Å². The van der Waals surface area contributed by atoms with Crippen molar-refractivity contribution in [3.8, 4) is 0 Å². The molecule has 122 valence electrons. The van der Waals surface area contributed by atoms with E-state index in [4.69, 9.17) is 9.26 Å². The van der Waals surface area contributed by atoms with E-state index in [2.05, 4.69) is 41.1 Å². The van der Waals surface area contributed by atoms with Crippen LogP contribution in [0.3, 0.4) is 0 Å². The Labute approximate surface area is 133 Å². The number of halogens is 1. The minimum absolute atomic E-state index is 0. The molecule has 2 atom stereocenters. The Balaban J connectivity index is 0.00000220. The molecule has 2 heterocycles. The van der Waals surface area contributed by atoms with Gasteiger partial charge in [-0.25, -0.2) is 0 Å². The average molecular weight is 319 g/mol. The molecule has 1 fully saturated rings. The third-order valence-electron chi connectivity index (χ3n) is 3.50. The molecular weight excluding hydrogens is 292 g/mol. The molecule has 1 aromatic rings. The maximum atomic E-state index is 5.71. The number of ether oxygens (including phenoxy) is 1. The third-order valence-corrected chi connectivity index (χ3v) is 3.50. The van der Waals surface area contributed by atoms with Crippen LogP contribution in [0.4, 0.5) is 0 Å². The van der Waals surface area contributed by atoms with Crippen molar-refractivity contribution in [2.24, 2.45) is 5.92 Å². The lowest BCUT2D eigenvalue weighted by Crippen LogP contribution is -2.49. The van der Waals surface area contributed by atoms with Crippen LogP contribution in [0.1, 0.15) is 45.5 Å². The molecule has 0 aliphatic carbocycles. The van der Waals surface area contributed by atoms with Gasteiger partial charge in [0.1, 0.15) is 6.10 Å². The van der Waals surface area contributed by atoms with E-state index in [1.54, 1.807) is 0 Å². The van der Waals surface area contributed by atoms with E-state index in [1.807, 2.05) is 6.92 Å². The monoisotopic (exact) mass is 318 g/mol. The fraction of sp³-hybridized carbons (Fsp3) is 0.857. The first-order valence-corrected chi connectivity index (χ1v) is 7.45. The zero-order valence-corrected chi connectivity index (χ0v) is 14.2. The second-order valence-corrected chi connectivity index (χ2v) is 5.94. The third kappa shape index (κ3) is 5.54. The molecule has 0 spiro atoms. The summed E-state index contributed by atoms with van der Waals surface area (Å²) in [5.41, 5.74) is 0. The normalized spacial score (nSPS) is 21.3. The minimum Gasteiger partial charge on any atom is -0.370 e. The molecule has 1 aliphatic heterocycles. The van der Waals surface area contributed by atoms with Crippen molar-refractivity contribution >= 4 is 12.4 Å². The second-order valence-electron chi connectivity index (χ2n) is 5.94. The number of aromatic nitrogens is 2. The summed E-state index contributed by atoms with van der Waals surface area (Å²) in [6.45, 7) is 12.9. The first kappa shape index (κ1) is 18.4. The molecule has 1 unspecified atom stereocenters. The minimum atomic E-state index is -0.115. The van der Waals surface area contributed by atoms with E-state index in [0.717, 1.165) is 19.6 Å². The highest BCUT2D eigenvalue weighted by Crippen LogP contribution is 2.16. The second kappa shape index (κ2) is 8.68. The number of rotatable bonds is 6. The molecule has 0 amide bonds. The summed E-state index contributed by atoms with van der Waals surface area (Å²) >= 11 is 0. The summed E-state index contributed by atoms with van der Waals surface area (Å²) in [5, 5.41) is 7.40. The zero-order chi connectivity index (χ0) is 14.5. The van der Waals surface area contributed by atoms with Gasteiger partial charge >= 0.3 is 0 Å². The number of hydrogen-bond donors (Lipinski definition) is 1. The molecule has 6 nitrogen and oxygen atoms in total. The summed E-state index contributed by atoms with van der Waals surface area (Å²) in [4.78, 5) is 6.81. The van der Waals surface area contributed by atoms with Gasteiger partial charge < -0.3 is 14.6 Å². The van der Waals surface area contributed by atoms with Gasteiger partial charge in [0.15, 0.2) is 5.82 Å². The summed E-state index contributed by atoms with van der Waals surface area (Å²) in [6, 6.07) is 0.494. The van der Waals surface area contributed by atoms with Crippen LogP contribution in [-0.4, -0.2) is 47.3 Å². The van der Waals surface area contributed by atoms with Crippen molar-refractivity contribution in [3.63, 3.8) is 0 Å². The van der Waals surface area contributed by atoms with Crippen molar-refractivity contribution in [1.29, 1.82) is 0 Å². The highest BCUT2D eigenvalue weighted by molar-refractivity contribution is 5.85. The van der Waals surface area contributed by atoms with E-state index in [-0.39, 0.29) is 18.5 Å². The van der Waals surface area contributed by atoms with Crippen LogP contribution in [0.15, 0.2) is 4.52 Å². The lowest BCUT2D eigenvalue weighted by atomic mass is 10.2. The lowest BCUT2D eigenvalue weighted by molar-refractivity contribution is 0.0402. The van der Waals surface area contributed by atoms with Crippen molar-refractivity contribution in [1.82, 2.24) is 20.4 Å². The number of nitrogens with zero attached hydrogens (tertiary/aromatic N) is 3. The number of hydrogen-bond acceptors (Lipinski definition) is 6. The quantitative estimate of drug-likeness (QED) is 0.865. The summed E-state index contributed by atoms with van der Waals surface area (Å²) in [5.74, 6) is 1.82. The first-order chi connectivity index (χ1) is 9.56. The molecule has 7 heteroatoms. The van der Waals surface area contributed by atoms with Crippen LogP contribution < -0.4 is 5.32 Å².